The fourth-order valence-corrected chi connectivity index (χ4v) is 2.27. The Bertz CT molecular complexity index is 410. The molecule has 0 fully saturated rings. The number of rotatable bonds is 10. The molecule has 0 saturated heterocycles. The number of likely N-dealkylation sites (N-methyl/N-ethyl adjacent to an activating group) is 1. The van der Waals surface area contributed by atoms with E-state index in [1.165, 1.54) is 11.1 Å². The van der Waals surface area contributed by atoms with E-state index >= 15 is 0 Å². The Morgan fingerprint density at radius 2 is 2.05 bits per heavy atom. The summed E-state index contributed by atoms with van der Waals surface area (Å²) in [7, 11) is 3.73. The maximum Gasteiger partial charge on any atom is 0.123 e. The highest BCUT2D eigenvalue weighted by molar-refractivity contribution is 5.38. The van der Waals surface area contributed by atoms with Crippen molar-refractivity contribution >= 4 is 0 Å². The molecule has 4 heteroatoms. The van der Waals surface area contributed by atoms with Crippen LogP contribution in [-0.2, 0) is 11.3 Å². The van der Waals surface area contributed by atoms with E-state index in [2.05, 4.69) is 42.3 Å². The molecule has 1 N–H and O–H groups in total. The summed E-state index contributed by atoms with van der Waals surface area (Å²) < 4.78 is 11.0. The van der Waals surface area contributed by atoms with Crippen LogP contribution in [0, 0.1) is 0 Å². The molecular formula is C17H30N2O2. The zero-order valence-corrected chi connectivity index (χ0v) is 14.1. The first-order valence-corrected chi connectivity index (χ1v) is 7.80. The fraction of sp³-hybridized carbons (Fsp3) is 0.647. The molecule has 4 nitrogen and oxygen atoms in total. The molecule has 0 radical (unpaired) electrons. The minimum atomic E-state index is 0.341. The second-order valence-electron chi connectivity index (χ2n) is 5.17. The van der Waals surface area contributed by atoms with E-state index in [0.29, 0.717) is 12.6 Å². The standard InChI is InChI=1S/C17H30N2O2/c1-6-19(10-11-20-5)13-16-12-15(14(3)18-4)8-9-17(16)21-7-2/h8-9,12,14,18H,6-7,10-11,13H2,1-5H3. The minimum absolute atomic E-state index is 0.341. The highest BCUT2D eigenvalue weighted by atomic mass is 16.5. The first-order valence-electron chi connectivity index (χ1n) is 7.80. The summed E-state index contributed by atoms with van der Waals surface area (Å²) in [5.41, 5.74) is 2.54. The molecule has 1 aromatic carbocycles. The predicted molar refractivity (Wildman–Crippen MR) is 87.9 cm³/mol. The van der Waals surface area contributed by atoms with Crippen molar-refractivity contribution in [3.8, 4) is 5.75 Å². The number of hydrogen-bond acceptors (Lipinski definition) is 4. The molecule has 0 aliphatic heterocycles. The van der Waals surface area contributed by atoms with Crippen molar-refractivity contribution in [2.24, 2.45) is 0 Å². The van der Waals surface area contributed by atoms with Crippen molar-refractivity contribution in [2.45, 2.75) is 33.4 Å². The van der Waals surface area contributed by atoms with Gasteiger partial charge in [-0.25, -0.2) is 0 Å². The van der Waals surface area contributed by atoms with E-state index in [0.717, 1.165) is 32.0 Å². The van der Waals surface area contributed by atoms with Gasteiger partial charge in [0.2, 0.25) is 0 Å². The van der Waals surface area contributed by atoms with Crippen molar-refractivity contribution in [2.75, 3.05) is 40.5 Å². The third-order valence-electron chi connectivity index (χ3n) is 3.77. The van der Waals surface area contributed by atoms with Crippen LogP contribution in [0.2, 0.25) is 0 Å². The van der Waals surface area contributed by atoms with Gasteiger partial charge in [-0.15, -0.1) is 0 Å². The number of hydrogen-bond donors (Lipinski definition) is 1. The molecule has 0 saturated carbocycles. The van der Waals surface area contributed by atoms with Crippen LogP contribution in [-0.4, -0.2) is 45.4 Å². The highest BCUT2D eigenvalue weighted by Crippen LogP contribution is 2.25. The normalized spacial score (nSPS) is 12.7. The molecule has 0 amide bonds. The van der Waals surface area contributed by atoms with Crippen LogP contribution in [0.15, 0.2) is 18.2 Å². The Morgan fingerprint density at radius 1 is 1.29 bits per heavy atom. The first kappa shape index (κ1) is 18.0. The smallest absolute Gasteiger partial charge is 0.123 e. The molecule has 0 aliphatic carbocycles. The third kappa shape index (κ3) is 5.65. The predicted octanol–water partition coefficient (Wildman–Crippen LogP) is 2.83. The summed E-state index contributed by atoms with van der Waals surface area (Å²) >= 11 is 0. The van der Waals surface area contributed by atoms with E-state index in [-0.39, 0.29) is 0 Å². The molecule has 0 spiro atoms. The lowest BCUT2D eigenvalue weighted by Gasteiger charge is -2.23. The molecule has 0 bridgehead atoms. The van der Waals surface area contributed by atoms with Crippen molar-refractivity contribution in [3.63, 3.8) is 0 Å². The number of nitrogens with one attached hydrogen (secondary N) is 1. The van der Waals surface area contributed by atoms with Crippen molar-refractivity contribution in [1.82, 2.24) is 10.2 Å². The quantitative estimate of drug-likeness (QED) is 0.719. The highest BCUT2D eigenvalue weighted by Gasteiger charge is 2.12. The maximum absolute atomic E-state index is 5.78. The Hall–Kier alpha value is -1.10. The number of ether oxygens (including phenoxy) is 2. The van der Waals surface area contributed by atoms with Crippen molar-refractivity contribution in [3.05, 3.63) is 29.3 Å². The molecule has 0 heterocycles. The van der Waals surface area contributed by atoms with Crippen LogP contribution in [0.25, 0.3) is 0 Å². The van der Waals surface area contributed by atoms with Gasteiger partial charge in [0.25, 0.3) is 0 Å². The monoisotopic (exact) mass is 294 g/mol. The Labute approximate surface area is 129 Å². The second kappa shape index (κ2) is 9.77. The fourth-order valence-electron chi connectivity index (χ4n) is 2.27. The van der Waals surface area contributed by atoms with Crippen LogP contribution in [0.1, 0.15) is 37.9 Å². The molecule has 0 aromatic heterocycles. The van der Waals surface area contributed by atoms with Crippen LogP contribution < -0.4 is 10.1 Å². The van der Waals surface area contributed by atoms with Gasteiger partial charge >= 0.3 is 0 Å². The zero-order valence-electron chi connectivity index (χ0n) is 14.1. The maximum atomic E-state index is 5.78. The van der Waals surface area contributed by atoms with Crippen molar-refractivity contribution in [1.29, 1.82) is 0 Å². The van der Waals surface area contributed by atoms with Gasteiger partial charge in [-0.3, -0.25) is 4.90 Å². The van der Waals surface area contributed by atoms with Crippen LogP contribution in [0.3, 0.4) is 0 Å². The molecule has 21 heavy (non-hydrogen) atoms. The zero-order chi connectivity index (χ0) is 15.7. The van der Waals surface area contributed by atoms with E-state index in [9.17, 15) is 0 Å². The van der Waals surface area contributed by atoms with Gasteiger partial charge in [-0.2, -0.15) is 0 Å². The van der Waals surface area contributed by atoms with Gasteiger partial charge in [0.05, 0.1) is 13.2 Å². The molecule has 1 rings (SSSR count). The lowest BCUT2D eigenvalue weighted by atomic mass is 10.0. The average molecular weight is 294 g/mol. The van der Waals surface area contributed by atoms with E-state index in [4.69, 9.17) is 9.47 Å². The van der Waals surface area contributed by atoms with Gasteiger partial charge in [-0.05, 0) is 45.1 Å². The van der Waals surface area contributed by atoms with Gasteiger partial charge < -0.3 is 14.8 Å². The largest absolute Gasteiger partial charge is 0.494 e. The summed E-state index contributed by atoms with van der Waals surface area (Å²) in [4.78, 5) is 2.37. The Morgan fingerprint density at radius 3 is 2.62 bits per heavy atom. The number of benzene rings is 1. The molecule has 1 atom stereocenters. The SMILES string of the molecule is CCOc1ccc(C(C)NC)cc1CN(CC)CCOC. The molecule has 1 aromatic rings. The summed E-state index contributed by atoms with van der Waals surface area (Å²) in [6, 6.07) is 6.82. The van der Waals surface area contributed by atoms with E-state index < -0.39 is 0 Å². The molecule has 120 valence electrons. The third-order valence-corrected chi connectivity index (χ3v) is 3.77. The molecular weight excluding hydrogens is 264 g/mol. The van der Waals surface area contributed by atoms with Crippen molar-refractivity contribution < 1.29 is 9.47 Å². The first-order chi connectivity index (χ1) is 10.2. The topological polar surface area (TPSA) is 33.7 Å². The van der Waals surface area contributed by atoms with E-state index in [1.807, 2.05) is 14.0 Å². The van der Waals surface area contributed by atoms with Crippen LogP contribution >= 0.6 is 0 Å². The second-order valence-corrected chi connectivity index (χ2v) is 5.17. The lowest BCUT2D eigenvalue weighted by Crippen LogP contribution is -2.27. The van der Waals surface area contributed by atoms with Gasteiger partial charge in [0.15, 0.2) is 0 Å². The Balaban J connectivity index is 2.93. The molecule has 0 aliphatic rings. The number of nitrogens with zero attached hydrogens (tertiary/aromatic N) is 1. The average Bonchev–Trinajstić information content (AvgIpc) is 2.52. The molecule has 1 unspecified atom stereocenters. The summed E-state index contributed by atoms with van der Waals surface area (Å²) in [6.45, 7) is 10.6. The van der Waals surface area contributed by atoms with Gasteiger partial charge in [0, 0.05) is 31.8 Å². The van der Waals surface area contributed by atoms with E-state index in [1.54, 1.807) is 7.11 Å². The Kier molecular flexibility index (Phi) is 8.35. The lowest BCUT2D eigenvalue weighted by molar-refractivity contribution is 0.146. The summed E-state index contributed by atoms with van der Waals surface area (Å²) in [5, 5.41) is 3.29. The van der Waals surface area contributed by atoms with Gasteiger partial charge in [-0.1, -0.05) is 13.0 Å². The minimum Gasteiger partial charge on any atom is -0.494 e. The number of methoxy groups -OCH3 is 1. The van der Waals surface area contributed by atoms with Crippen LogP contribution in [0.4, 0.5) is 0 Å². The summed E-state index contributed by atoms with van der Waals surface area (Å²) in [6.07, 6.45) is 0. The van der Waals surface area contributed by atoms with Gasteiger partial charge in [0.1, 0.15) is 5.75 Å². The van der Waals surface area contributed by atoms with Crippen LogP contribution in [0.5, 0.6) is 5.75 Å². The summed E-state index contributed by atoms with van der Waals surface area (Å²) in [5.74, 6) is 0.986.